The van der Waals surface area contributed by atoms with Gasteiger partial charge in [-0.2, -0.15) is 0 Å². The molecule has 2 amide bonds. The first-order valence-electron chi connectivity index (χ1n) is 12.9. The number of nitrogens with zero attached hydrogens (tertiary/aromatic N) is 1. The number of Topliss-reactive ketones (excluding diaryl/α,β-unsaturated/α-hetero) is 1. The molecule has 0 N–H and O–H groups in total. The number of carbonyl (C=O) groups excluding carboxylic acids is 3. The summed E-state index contributed by atoms with van der Waals surface area (Å²) in [6, 6.07) is 30.7. The first-order valence-corrected chi connectivity index (χ1v) is 12.9. The zero-order valence-electron chi connectivity index (χ0n) is 20.8. The first-order chi connectivity index (χ1) is 18.5. The van der Waals surface area contributed by atoms with Crippen LogP contribution in [0.15, 0.2) is 97.1 Å². The summed E-state index contributed by atoms with van der Waals surface area (Å²) >= 11 is 0. The first kappa shape index (κ1) is 22.7. The molecule has 2 bridgehead atoms. The molecule has 1 saturated heterocycles. The summed E-state index contributed by atoms with van der Waals surface area (Å²) in [6.07, 6.45) is 0. The van der Waals surface area contributed by atoms with Gasteiger partial charge in [-0.1, -0.05) is 90.5 Å². The largest absolute Gasteiger partial charge is 0.483 e. The summed E-state index contributed by atoms with van der Waals surface area (Å²) in [6.45, 7) is 1.77. The van der Waals surface area contributed by atoms with E-state index >= 15 is 0 Å². The molecule has 0 unspecified atom stereocenters. The van der Waals surface area contributed by atoms with Gasteiger partial charge in [-0.3, -0.25) is 14.4 Å². The molecule has 38 heavy (non-hydrogen) atoms. The van der Waals surface area contributed by atoms with Crippen molar-refractivity contribution < 1.29 is 19.1 Å². The highest BCUT2D eigenvalue weighted by Gasteiger charge is 2.62. The second-order valence-electron chi connectivity index (χ2n) is 10.3. The Labute approximate surface area is 220 Å². The Morgan fingerprint density at radius 3 is 1.68 bits per heavy atom. The minimum Gasteiger partial charge on any atom is -0.483 e. The summed E-state index contributed by atoms with van der Waals surface area (Å²) in [7, 11) is 0. The maximum absolute atomic E-state index is 14.1. The van der Waals surface area contributed by atoms with E-state index in [-0.39, 0.29) is 36.0 Å². The van der Waals surface area contributed by atoms with Gasteiger partial charge in [0.05, 0.1) is 17.5 Å². The molecule has 3 aliphatic carbocycles. The van der Waals surface area contributed by atoms with E-state index in [4.69, 9.17) is 4.74 Å². The number of hydrogen-bond acceptors (Lipinski definition) is 4. The number of imide groups is 1. The lowest BCUT2D eigenvalue weighted by Gasteiger charge is -2.45. The van der Waals surface area contributed by atoms with Crippen LogP contribution in [0.5, 0.6) is 5.75 Å². The van der Waals surface area contributed by atoms with Crippen LogP contribution < -0.4 is 9.64 Å². The fraction of sp³-hybridized carbons (Fsp3) is 0.182. The predicted octanol–water partition coefficient (Wildman–Crippen LogP) is 5.65. The van der Waals surface area contributed by atoms with Crippen molar-refractivity contribution in [2.45, 2.75) is 18.8 Å². The van der Waals surface area contributed by atoms with Crippen LogP contribution in [0.4, 0.5) is 5.69 Å². The standard InChI is InChI=1S/C33H25NO4/c1-19-14-16-20(17-15-19)26(35)18-38-27-13-7-6-12-25(27)34-32(36)30-28-21-8-2-3-9-22(21)29(31(30)33(34)37)24-11-5-4-10-23(24)28/h2-17,28-31H,18H2,1H3/t28?,29?,30-,31-/m1/s1. The van der Waals surface area contributed by atoms with Gasteiger partial charge in [-0.25, -0.2) is 4.90 Å². The maximum atomic E-state index is 14.1. The lowest BCUT2D eigenvalue weighted by atomic mass is 9.55. The van der Waals surface area contributed by atoms with E-state index < -0.39 is 11.8 Å². The molecule has 1 aliphatic heterocycles. The van der Waals surface area contributed by atoms with Gasteiger partial charge in [0.2, 0.25) is 11.8 Å². The van der Waals surface area contributed by atoms with E-state index in [0.29, 0.717) is 17.0 Å². The minimum atomic E-state index is -0.473. The molecule has 8 rings (SSSR count). The van der Waals surface area contributed by atoms with Crippen LogP contribution in [0.2, 0.25) is 0 Å². The molecule has 1 fully saturated rings. The van der Waals surface area contributed by atoms with Crippen LogP contribution in [0.1, 0.15) is 50.0 Å². The Hall–Kier alpha value is -4.51. The highest BCUT2D eigenvalue weighted by molar-refractivity contribution is 6.24. The van der Waals surface area contributed by atoms with E-state index in [1.54, 1.807) is 36.4 Å². The molecular formula is C33H25NO4. The van der Waals surface area contributed by atoms with Crippen molar-refractivity contribution >= 4 is 23.3 Å². The third-order valence-electron chi connectivity index (χ3n) is 8.29. The number of ketones is 1. The normalized spacial score (nSPS) is 22.6. The van der Waals surface area contributed by atoms with E-state index in [2.05, 4.69) is 24.3 Å². The Kier molecular flexibility index (Phi) is 5.08. The molecule has 0 saturated carbocycles. The van der Waals surface area contributed by atoms with Crippen molar-refractivity contribution in [1.82, 2.24) is 0 Å². The topological polar surface area (TPSA) is 63.7 Å². The summed E-state index contributed by atoms with van der Waals surface area (Å²) in [5.41, 5.74) is 6.55. The van der Waals surface area contributed by atoms with Gasteiger partial charge >= 0.3 is 0 Å². The Balaban J connectivity index is 1.24. The molecule has 5 nitrogen and oxygen atoms in total. The molecule has 0 aromatic heterocycles. The van der Waals surface area contributed by atoms with E-state index in [0.717, 1.165) is 27.8 Å². The predicted molar refractivity (Wildman–Crippen MR) is 143 cm³/mol. The Morgan fingerprint density at radius 1 is 0.684 bits per heavy atom. The number of aryl methyl sites for hydroxylation is 1. The number of hydrogen-bond donors (Lipinski definition) is 0. The van der Waals surface area contributed by atoms with Gasteiger partial charge in [0.25, 0.3) is 0 Å². The molecule has 0 spiro atoms. The molecule has 0 radical (unpaired) electrons. The van der Waals surface area contributed by atoms with E-state index in [1.807, 2.05) is 43.3 Å². The van der Waals surface area contributed by atoms with Crippen LogP contribution in [-0.2, 0) is 9.59 Å². The third kappa shape index (κ3) is 3.21. The monoisotopic (exact) mass is 499 g/mol. The second-order valence-corrected chi connectivity index (χ2v) is 10.3. The van der Waals surface area contributed by atoms with Gasteiger partial charge in [0, 0.05) is 17.4 Å². The molecule has 4 aliphatic rings. The van der Waals surface area contributed by atoms with E-state index in [1.165, 1.54) is 4.90 Å². The minimum absolute atomic E-state index is 0.170. The van der Waals surface area contributed by atoms with Crippen molar-refractivity contribution in [3.05, 3.63) is 130 Å². The quantitative estimate of drug-likeness (QED) is 0.263. The smallest absolute Gasteiger partial charge is 0.238 e. The van der Waals surface area contributed by atoms with Crippen LogP contribution in [0.3, 0.4) is 0 Å². The number of anilines is 1. The van der Waals surface area contributed by atoms with E-state index in [9.17, 15) is 14.4 Å². The molecule has 186 valence electrons. The van der Waals surface area contributed by atoms with Crippen molar-refractivity contribution in [2.24, 2.45) is 11.8 Å². The highest BCUT2D eigenvalue weighted by Crippen LogP contribution is 2.61. The lowest BCUT2D eigenvalue weighted by Crippen LogP contribution is -2.41. The van der Waals surface area contributed by atoms with Crippen LogP contribution >= 0.6 is 0 Å². The lowest BCUT2D eigenvalue weighted by molar-refractivity contribution is -0.122. The average molecular weight is 500 g/mol. The van der Waals surface area contributed by atoms with Crippen molar-refractivity contribution in [3.63, 3.8) is 0 Å². The summed E-state index contributed by atoms with van der Waals surface area (Å²) in [4.78, 5) is 42.2. The van der Waals surface area contributed by atoms with Crippen molar-refractivity contribution in [3.8, 4) is 5.75 Å². The maximum Gasteiger partial charge on any atom is 0.238 e. The summed E-state index contributed by atoms with van der Waals surface area (Å²) in [5.74, 6) is -1.53. The third-order valence-corrected chi connectivity index (χ3v) is 8.29. The number of carbonyl (C=O) groups is 3. The molecule has 5 heteroatoms. The fourth-order valence-electron chi connectivity index (χ4n) is 6.64. The zero-order valence-corrected chi connectivity index (χ0v) is 20.8. The number of rotatable bonds is 5. The molecule has 4 aromatic rings. The molecule has 2 atom stereocenters. The molecule has 1 heterocycles. The van der Waals surface area contributed by atoms with Crippen LogP contribution in [-0.4, -0.2) is 24.2 Å². The zero-order chi connectivity index (χ0) is 26.0. The average Bonchev–Trinajstić information content (AvgIpc) is 3.22. The number of amides is 2. The van der Waals surface area contributed by atoms with Crippen LogP contribution in [0.25, 0.3) is 0 Å². The Morgan fingerprint density at radius 2 is 1.16 bits per heavy atom. The number of ether oxygens (including phenoxy) is 1. The SMILES string of the molecule is Cc1ccc(C(=O)COc2ccccc2N2C(=O)[C@@H]3C4c5ccccc5C(c5ccccc54)[C@H]3C2=O)cc1. The van der Waals surface area contributed by atoms with Crippen molar-refractivity contribution in [1.29, 1.82) is 0 Å². The van der Waals surface area contributed by atoms with Crippen LogP contribution in [0, 0.1) is 18.8 Å². The number of para-hydroxylation sites is 2. The van der Waals surface area contributed by atoms with Gasteiger partial charge in [0.15, 0.2) is 12.4 Å². The van der Waals surface area contributed by atoms with Gasteiger partial charge < -0.3 is 4.74 Å². The van der Waals surface area contributed by atoms with Gasteiger partial charge in [-0.05, 0) is 41.3 Å². The summed E-state index contributed by atoms with van der Waals surface area (Å²) in [5, 5.41) is 0. The van der Waals surface area contributed by atoms with Gasteiger partial charge in [-0.15, -0.1) is 0 Å². The second kappa shape index (κ2) is 8.52. The summed E-state index contributed by atoms with van der Waals surface area (Å²) < 4.78 is 5.94. The fourth-order valence-corrected chi connectivity index (χ4v) is 6.64. The van der Waals surface area contributed by atoms with Crippen molar-refractivity contribution in [2.75, 3.05) is 11.5 Å². The Bertz CT molecular complexity index is 1510. The molecule has 4 aromatic carbocycles. The number of benzene rings is 4. The molecular weight excluding hydrogens is 474 g/mol. The highest BCUT2D eigenvalue weighted by atomic mass is 16.5. The van der Waals surface area contributed by atoms with Gasteiger partial charge in [0.1, 0.15) is 5.75 Å².